The molecule has 1 aliphatic heterocycles. The van der Waals surface area contributed by atoms with E-state index >= 15 is 0 Å². The molecule has 1 aromatic heterocycles. The monoisotopic (exact) mass is 396 g/mol. The Hall–Kier alpha value is -2.64. The highest BCUT2D eigenvalue weighted by Gasteiger charge is 2.19. The van der Waals surface area contributed by atoms with E-state index in [4.69, 9.17) is 21.4 Å². The lowest BCUT2D eigenvalue weighted by molar-refractivity contribution is 0.192. The van der Waals surface area contributed by atoms with E-state index in [0.29, 0.717) is 17.4 Å². The fourth-order valence-electron chi connectivity index (χ4n) is 3.41. The predicted molar refractivity (Wildman–Crippen MR) is 112 cm³/mol. The second-order valence-corrected chi connectivity index (χ2v) is 7.34. The second-order valence-electron chi connectivity index (χ2n) is 6.99. The summed E-state index contributed by atoms with van der Waals surface area (Å²) in [6.07, 6.45) is 0. The summed E-state index contributed by atoms with van der Waals surface area (Å²) in [5, 5.41) is 4.57. The fourth-order valence-corrected chi connectivity index (χ4v) is 3.58. The van der Waals surface area contributed by atoms with E-state index < -0.39 is 0 Å². The van der Waals surface area contributed by atoms with Crippen molar-refractivity contribution in [2.45, 2.75) is 13.6 Å². The average Bonchev–Trinajstić information content (AvgIpc) is 3.09. The molecule has 146 valence electrons. The highest BCUT2D eigenvalue weighted by Crippen LogP contribution is 2.22. The molecule has 6 nitrogen and oxygen atoms in total. The Morgan fingerprint density at radius 2 is 1.82 bits per heavy atom. The zero-order chi connectivity index (χ0) is 19.5. The van der Waals surface area contributed by atoms with Crippen LogP contribution >= 0.6 is 12.2 Å². The molecule has 2 aromatic carbocycles. The minimum atomic E-state index is 0.395. The van der Waals surface area contributed by atoms with Crippen molar-refractivity contribution < 1.29 is 9.15 Å². The van der Waals surface area contributed by atoms with Gasteiger partial charge in [-0.2, -0.15) is 0 Å². The molecule has 0 radical (unpaired) electrons. The number of rotatable bonds is 5. The first-order valence-corrected chi connectivity index (χ1v) is 9.79. The zero-order valence-electron chi connectivity index (χ0n) is 16.2. The maximum Gasteiger partial charge on any atom is 0.288 e. The standard InChI is InChI=1S/C21H24N4O2S/c1-16-4-3-5-18(14-16)24-12-10-23(11-13-24)15-25-21(28)27-20(22-25)17-6-8-19(26-2)9-7-17/h3-9,14H,10-13,15H2,1-2H3. The largest absolute Gasteiger partial charge is 0.497 e. The summed E-state index contributed by atoms with van der Waals surface area (Å²) in [6, 6.07) is 16.3. The third-order valence-corrected chi connectivity index (χ3v) is 5.31. The third kappa shape index (κ3) is 4.10. The first-order chi connectivity index (χ1) is 13.6. The van der Waals surface area contributed by atoms with E-state index in [0.717, 1.165) is 37.5 Å². The normalized spacial score (nSPS) is 15.0. The van der Waals surface area contributed by atoms with Crippen LogP contribution in [-0.4, -0.2) is 48.0 Å². The molecular weight excluding hydrogens is 372 g/mol. The van der Waals surface area contributed by atoms with Crippen LogP contribution in [0, 0.1) is 11.8 Å². The number of hydrogen-bond acceptors (Lipinski definition) is 6. The Bertz CT molecular complexity index is 988. The molecule has 0 saturated carbocycles. The van der Waals surface area contributed by atoms with Crippen molar-refractivity contribution in [3.8, 4) is 17.2 Å². The number of piperazine rings is 1. The number of aryl methyl sites for hydroxylation is 1. The van der Waals surface area contributed by atoms with Crippen LogP contribution in [0.4, 0.5) is 5.69 Å². The lowest BCUT2D eigenvalue weighted by atomic mass is 10.2. The Labute approximate surface area is 169 Å². The van der Waals surface area contributed by atoms with E-state index in [1.807, 2.05) is 24.3 Å². The van der Waals surface area contributed by atoms with Crippen LogP contribution in [0.5, 0.6) is 5.75 Å². The van der Waals surface area contributed by atoms with Crippen LogP contribution in [0.2, 0.25) is 0 Å². The van der Waals surface area contributed by atoms with Crippen molar-refractivity contribution in [1.29, 1.82) is 0 Å². The van der Waals surface area contributed by atoms with Crippen LogP contribution in [-0.2, 0) is 6.67 Å². The summed E-state index contributed by atoms with van der Waals surface area (Å²) in [6.45, 7) is 6.66. The molecular formula is C21H24N4O2S. The first kappa shape index (κ1) is 18.7. The topological polar surface area (TPSA) is 46.7 Å². The molecule has 0 unspecified atom stereocenters. The maximum absolute atomic E-state index is 5.71. The van der Waals surface area contributed by atoms with E-state index in [1.165, 1.54) is 11.3 Å². The van der Waals surface area contributed by atoms with E-state index in [2.05, 4.69) is 46.1 Å². The van der Waals surface area contributed by atoms with Gasteiger partial charge in [-0.05, 0) is 61.1 Å². The lowest BCUT2D eigenvalue weighted by Crippen LogP contribution is -2.47. The Morgan fingerprint density at radius 1 is 1.07 bits per heavy atom. The number of nitrogens with zero attached hydrogens (tertiary/aromatic N) is 4. The van der Waals surface area contributed by atoms with Crippen LogP contribution in [0.15, 0.2) is 52.9 Å². The van der Waals surface area contributed by atoms with Crippen molar-refractivity contribution in [1.82, 2.24) is 14.7 Å². The number of methoxy groups -OCH3 is 1. The van der Waals surface area contributed by atoms with Crippen molar-refractivity contribution in [3.05, 3.63) is 58.9 Å². The van der Waals surface area contributed by atoms with E-state index in [9.17, 15) is 0 Å². The highest BCUT2D eigenvalue weighted by molar-refractivity contribution is 7.71. The number of benzene rings is 2. The molecule has 0 amide bonds. The van der Waals surface area contributed by atoms with Gasteiger partial charge in [-0.1, -0.05) is 12.1 Å². The van der Waals surface area contributed by atoms with Crippen LogP contribution < -0.4 is 9.64 Å². The molecule has 0 bridgehead atoms. The van der Waals surface area contributed by atoms with Gasteiger partial charge in [0.25, 0.3) is 4.84 Å². The Balaban J connectivity index is 1.40. The van der Waals surface area contributed by atoms with Crippen molar-refractivity contribution in [2.75, 3.05) is 38.2 Å². The average molecular weight is 397 g/mol. The predicted octanol–water partition coefficient (Wildman–Crippen LogP) is 3.97. The van der Waals surface area contributed by atoms with Gasteiger partial charge >= 0.3 is 0 Å². The lowest BCUT2D eigenvalue weighted by Gasteiger charge is -2.35. The minimum absolute atomic E-state index is 0.395. The molecule has 7 heteroatoms. The number of aromatic nitrogens is 2. The molecule has 1 saturated heterocycles. The molecule has 0 atom stereocenters. The smallest absolute Gasteiger partial charge is 0.288 e. The van der Waals surface area contributed by atoms with Crippen LogP contribution in [0.3, 0.4) is 0 Å². The number of ether oxygens (including phenoxy) is 1. The highest BCUT2D eigenvalue weighted by atomic mass is 32.1. The van der Waals surface area contributed by atoms with Gasteiger partial charge in [-0.15, -0.1) is 5.10 Å². The molecule has 28 heavy (non-hydrogen) atoms. The molecule has 1 aliphatic rings. The third-order valence-electron chi connectivity index (χ3n) is 5.02. The Morgan fingerprint density at radius 3 is 2.50 bits per heavy atom. The van der Waals surface area contributed by atoms with Gasteiger partial charge in [0.2, 0.25) is 5.89 Å². The minimum Gasteiger partial charge on any atom is -0.497 e. The van der Waals surface area contributed by atoms with Gasteiger partial charge in [-0.25, -0.2) is 4.68 Å². The van der Waals surface area contributed by atoms with E-state index in [-0.39, 0.29) is 0 Å². The molecule has 3 aromatic rings. The van der Waals surface area contributed by atoms with Gasteiger partial charge < -0.3 is 14.1 Å². The van der Waals surface area contributed by atoms with Gasteiger partial charge in [0, 0.05) is 37.4 Å². The second kappa shape index (κ2) is 8.16. The van der Waals surface area contributed by atoms with E-state index in [1.54, 1.807) is 11.8 Å². The summed E-state index contributed by atoms with van der Waals surface area (Å²) in [5.41, 5.74) is 3.47. The van der Waals surface area contributed by atoms with Crippen LogP contribution in [0.1, 0.15) is 5.56 Å². The maximum atomic E-state index is 5.71. The first-order valence-electron chi connectivity index (χ1n) is 9.39. The zero-order valence-corrected chi connectivity index (χ0v) is 17.0. The quantitative estimate of drug-likeness (QED) is 0.608. The SMILES string of the molecule is COc1ccc(-c2nn(CN3CCN(c4cccc(C)c4)CC3)c(=S)o2)cc1. The van der Waals surface area contributed by atoms with Crippen molar-refractivity contribution >= 4 is 17.9 Å². The molecule has 1 fully saturated rings. The molecule has 0 N–H and O–H groups in total. The van der Waals surface area contributed by atoms with Crippen molar-refractivity contribution in [2.24, 2.45) is 0 Å². The number of anilines is 1. The van der Waals surface area contributed by atoms with Gasteiger partial charge in [0.1, 0.15) is 5.75 Å². The van der Waals surface area contributed by atoms with Gasteiger partial charge in [0.15, 0.2) is 0 Å². The Kier molecular flexibility index (Phi) is 5.45. The van der Waals surface area contributed by atoms with Crippen molar-refractivity contribution in [3.63, 3.8) is 0 Å². The van der Waals surface area contributed by atoms with Gasteiger partial charge in [0.05, 0.1) is 13.8 Å². The molecule has 0 spiro atoms. The fraction of sp³-hybridized carbons (Fsp3) is 0.333. The molecule has 0 aliphatic carbocycles. The van der Waals surface area contributed by atoms with Crippen LogP contribution in [0.25, 0.3) is 11.5 Å². The van der Waals surface area contributed by atoms with Gasteiger partial charge in [-0.3, -0.25) is 4.90 Å². The summed E-state index contributed by atoms with van der Waals surface area (Å²) in [7, 11) is 1.65. The summed E-state index contributed by atoms with van der Waals surface area (Å²) < 4.78 is 12.7. The number of hydrogen-bond donors (Lipinski definition) is 0. The summed E-state index contributed by atoms with van der Waals surface area (Å²) >= 11 is 5.38. The molecule has 2 heterocycles. The summed E-state index contributed by atoms with van der Waals surface area (Å²) in [5.74, 6) is 1.33. The summed E-state index contributed by atoms with van der Waals surface area (Å²) in [4.78, 5) is 5.17. The molecule has 4 rings (SSSR count).